The molecule has 0 aromatic carbocycles. The molecule has 0 atom stereocenters. The zero-order valence-electron chi connectivity index (χ0n) is 12.1. The quantitative estimate of drug-likeness (QED) is 0.611. The zero-order valence-corrected chi connectivity index (χ0v) is 13.6. The van der Waals surface area contributed by atoms with E-state index < -0.39 is 0 Å². The van der Waals surface area contributed by atoms with Gasteiger partial charge in [0.15, 0.2) is 0 Å². The first-order chi connectivity index (χ1) is 9.61. The standard InChI is InChI=1S/C14H20ClN3OS/c1-4-19-7-5-6-16-14-17-12(15)10-8-11(9(2)3)20-13(10)18-14/h8-9H,4-7H2,1-3H3,(H,16,17,18). The number of hydrogen-bond donors (Lipinski definition) is 1. The number of rotatable bonds is 7. The smallest absolute Gasteiger partial charge is 0.225 e. The van der Waals surface area contributed by atoms with E-state index in [2.05, 4.69) is 35.2 Å². The summed E-state index contributed by atoms with van der Waals surface area (Å²) in [5.41, 5.74) is 0. The van der Waals surface area contributed by atoms with Gasteiger partial charge in [-0.15, -0.1) is 11.3 Å². The largest absolute Gasteiger partial charge is 0.382 e. The Labute approximate surface area is 128 Å². The van der Waals surface area contributed by atoms with Crippen LogP contribution in [0.2, 0.25) is 5.15 Å². The van der Waals surface area contributed by atoms with Crippen molar-refractivity contribution >= 4 is 39.1 Å². The minimum Gasteiger partial charge on any atom is -0.382 e. The van der Waals surface area contributed by atoms with Crippen LogP contribution in [0.4, 0.5) is 5.95 Å². The van der Waals surface area contributed by atoms with Gasteiger partial charge in [0, 0.05) is 30.0 Å². The lowest BCUT2D eigenvalue weighted by Crippen LogP contribution is -2.08. The normalized spacial score (nSPS) is 11.4. The van der Waals surface area contributed by atoms with E-state index in [1.165, 1.54) is 4.88 Å². The molecule has 0 saturated heterocycles. The Morgan fingerprint density at radius 1 is 1.40 bits per heavy atom. The van der Waals surface area contributed by atoms with E-state index in [0.717, 1.165) is 36.4 Å². The fourth-order valence-electron chi connectivity index (χ4n) is 1.79. The van der Waals surface area contributed by atoms with Crippen LogP contribution in [0, 0.1) is 0 Å². The summed E-state index contributed by atoms with van der Waals surface area (Å²) in [5, 5.41) is 4.66. The van der Waals surface area contributed by atoms with Crippen LogP contribution in [0.3, 0.4) is 0 Å². The number of nitrogens with zero attached hydrogens (tertiary/aromatic N) is 2. The maximum absolute atomic E-state index is 6.23. The lowest BCUT2D eigenvalue weighted by atomic mass is 10.2. The number of halogens is 1. The maximum Gasteiger partial charge on any atom is 0.225 e. The first-order valence-corrected chi connectivity index (χ1v) is 8.09. The van der Waals surface area contributed by atoms with Crippen molar-refractivity contribution in [3.8, 4) is 0 Å². The van der Waals surface area contributed by atoms with E-state index in [4.69, 9.17) is 16.3 Å². The molecule has 20 heavy (non-hydrogen) atoms. The molecule has 2 heterocycles. The highest BCUT2D eigenvalue weighted by Gasteiger charge is 2.12. The van der Waals surface area contributed by atoms with Gasteiger partial charge >= 0.3 is 0 Å². The van der Waals surface area contributed by atoms with Crippen LogP contribution in [-0.2, 0) is 4.74 Å². The Hall–Kier alpha value is -0.910. The predicted molar refractivity (Wildman–Crippen MR) is 86.1 cm³/mol. The van der Waals surface area contributed by atoms with Crippen LogP contribution in [0.5, 0.6) is 0 Å². The van der Waals surface area contributed by atoms with Crippen molar-refractivity contribution < 1.29 is 4.74 Å². The number of nitrogens with one attached hydrogen (secondary N) is 1. The minimum absolute atomic E-state index is 0.480. The van der Waals surface area contributed by atoms with E-state index in [9.17, 15) is 0 Å². The third-order valence-corrected chi connectivity index (χ3v) is 4.50. The summed E-state index contributed by atoms with van der Waals surface area (Å²) < 4.78 is 5.29. The third kappa shape index (κ3) is 3.81. The second kappa shape index (κ2) is 7.20. The fourth-order valence-corrected chi connectivity index (χ4v) is 3.10. The maximum atomic E-state index is 6.23. The van der Waals surface area contributed by atoms with Crippen molar-refractivity contribution in [2.75, 3.05) is 25.1 Å². The van der Waals surface area contributed by atoms with Crippen LogP contribution < -0.4 is 5.32 Å². The molecule has 0 aliphatic heterocycles. The number of ether oxygens (including phenoxy) is 1. The van der Waals surface area contributed by atoms with E-state index in [1.807, 2.05) is 6.92 Å². The Balaban J connectivity index is 2.07. The second-order valence-electron chi connectivity index (χ2n) is 4.84. The molecular formula is C14H20ClN3OS. The first kappa shape index (κ1) is 15.5. The van der Waals surface area contributed by atoms with Crippen LogP contribution in [-0.4, -0.2) is 29.7 Å². The van der Waals surface area contributed by atoms with Gasteiger partial charge in [-0.25, -0.2) is 9.97 Å². The number of fused-ring (bicyclic) bond motifs is 1. The summed E-state index contributed by atoms with van der Waals surface area (Å²) in [6, 6.07) is 2.09. The number of hydrogen-bond acceptors (Lipinski definition) is 5. The van der Waals surface area contributed by atoms with Gasteiger partial charge in [0.25, 0.3) is 0 Å². The molecule has 0 aliphatic rings. The topological polar surface area (TPSA) is 47.0 Å². The zero-order chi connectivity index (χ0) is 14.5. The van der Waals surface area contributed by atoms with Gasteiger partial charge in [-0.1, -0.05) is 25.4 Å². The van der Waals surface area contributed by atoms with Crippen molar-refractivity contribution in [2.24, 2.45) is 0 Å². The Morgan fingerprint density at radius 3 is 2.90 bits per heavy atom. The number of aromatic nitrogens is 2. The van der Waals surface area contributed by atoms with E-state index in [-0.39, 0.29) is 0 Å². The van der Waals surface area contributed by atoms with Gasteiger partial charge in [0.05, 0.1) is 0 Å². The van der Waals surface area contributed by atoms with Crippen molar-refractivity contribution in [1.29, 1.82) is 0 Å². The highest BCUT2D eigenvalue weighted by molar-refractivity contribution is 7.18. The lowest BCUT2D eigenvalue weighted by Gasteiger charge is -2.05. The van der Waals surface area contributed by atoms with Crippen LogP contribution >= 0.6 is 22.9 Å². The van der Waals surface area contributed by atoms with Gasteiger partial charge in [0.2, 0.25) is 5.95 Å². The molecule has 1 N–H and O–H groups in total. The summed E-state index contributed by atoms with van der Waals surface area (Å²) >= 11 is 7.91. The molecule has 0 radical (unpaired) electrons. The van der Waals surface area contributed by atoms with Crippen LogP contribution in [0.1, 0.15) is 38.0 Å². The number of anilines is 1. The van der Waals surface area contributed by atoms with Crippen molar-refractivity contribution in [3.05, 3.63) is 16.1 Å². The molecule has 0 fully saturated rings. The summed E-state index contributed by atoms with van der Waals surface area (Å²) in [7, 11) is 0. The van der Waals surface area contributed by atoms with E-state index in [0.29, 0.717) is 17.0 Å². The second-order valence-corrected chi connectivity index (χ2v) is 6.26. The Morgan fingerprint density at radius 2 is 2.20 bits per heavy atom. The molecule has 0 bridgehead atoms. The summed E-state index contributed by atoms with van der Waals surface area (Å²) in [4.78, 5) is 11.1. The number of thiophene rings is 1. The molecule has 4 nitrogen and oxygen atoms in total. The molecule has 0 unspecified atom stereocenters. The van der Waals surface area contributed by atoms with Crippen molar-refractivity contribution in [3.63, 3.8) is 0 Å². The molecule has 0 saturated carbocycles. The van der Waals surface area contributed by atoms with Crippen molar-refractivity contribution in [2.45, 2.75) is 33.1 Å². The molecule has 2 rings (SSSR count). The molecule has 0 amide bonds. The molecule has 2 aromatic heterocycles. The molecule has 2 aromatic rings. The summed E-state index contributed by atoms with van der Waals surface area (Å²) in [6.07, 6.45) is 0.925. The highest BCUT2D eigenvalue weighted by Crippen LogP contribution is 2.33. The van der Waals surface area contributed by atoms with E-state index >= 15 is 0 Å². The summed E-state index contributed by atoms with van der Waals surface area (Å²) in [5.74, 6) is 1.07. The van der Waals surface area contributed by atoms with Crippen LogP contribution in [0.25, 0.3) is 10.2 Å². The highest BCUT2D eigenvalue weighted by atomic mass is 35.5. The van der Waals surface area contributed by atoms with Gasteiger partial charge < -0.3 is 10.1 Å². The molecule has 110 valence electrons. The van der Waals surface area contributed by atoms with Gasteiger partial charge in [-0.3, -0.25) is 0 Å². The summed E-state index contributed by atoms with van der Waals surface area (Å²) in [6.45, 7) is 8.60. The average molecular weight is 314 g/mol. The van der Waals surface area contributed by atoms with Crippen LogP contribution in [0.15, 0.2) is 6.07 Å². The lowest BCUT2D eigenvalue weighted by molar-refractivity contribution is 0.147. The van der Waals surface area contributed by atoms with Gasteiger partial charge in [-0.2, -0.15) is 0 Å². The minimum atomic E-state index is 0.480. The van der Waals surface area contributed by atoms with E-state index in [1.54, 1.807) is 11.3 Å². The molecule has 0 spiro atoms. The SMILES string of the molecule is CCOCCCNc1nc(Cl)c2cc(C(C)C)sc2n1. The fraction of sp³-hybridized carbons (Fsp3) is 0.571. The first-order valence-electron chi connectivity index (χ1n) is 6.90. The molecule has 6 heteroatoms. The monoisotopic (exact) mass is 313 g/mol. The van der Waals surface area contributed by atoms with Gasteiger partial charge in [0.1, 0.15) is 9.98 Å². The Bertz CT molecular complexity index is 571. The van der Waals surface area contributed by atoms with Gasteiger partial charge in [-0.05, 0) is 25.3 Å². The third-order valence-electron chi connectivity index (χ3n) is 2.89. The van der Waals surface area contributed by atoms with Crippen molar-refractivity contribution in [1.82, 2.24) is 9.97 Å². The average Bonchev–Trinajstić information content (AvgIpc) is 2.83. The molecular weight excluding hydrogens is 294 g/mol. The Kier molecular flexibility index (Phi) is 5.57. The predicted octanol–water partition coefficient (Wildman–Crippen LogP) is 4.31. The molecule has 0 aliphatic carbocycles.